The first-order chi connectivity index (χ1) is 7.29. The highest BCUT2D eigenvalue weighted by atomic mass is 79.9. The number of thiophene rings is 1. The first-order valence-corrected chi connectivity index (χ1v) is 6.93. The molecule has 1 aliphatic heterocycles. The van der Waals surface area contributed by atoms with E-state index in [1.807, 2.05) is 18.4 Å². The predicted molar refractivity (Wildman–Crippen MR) is 67.5 cm³/mol. The molecule has 0 amide bonds. The fraction of sp³-hybridized carbons (Fsp3) is 0.636. The zero-order valence-corrected chi connectivity index (χ0v) is 11.2. The zero-order valence-electron chi connectivity index (χ0n) is 8.83. The van der Waals surface area contributed by atoms with Gasteiger partial charge in [-0.15, -0.1) is 11.3 Å². The molecule has 2 nitrogen and oxygen atoms in total. The summed E-state index contributed by atoms with van der Waals surface area (Å²) >= 11 is 5.31. The highest BCUT2D eigenvalue weighted by molar-refractivity contribution is 9.11. The molecule has 4 heteroatoms. The van der Waals surface area contributed by atoms with Crippen LogP contribution < -0.4 is 5.32 Å². The summed E-state index contributed by atoms with van der Waals surface area (Å²) in [5.74, 6) is 0. The minimum atomic E-state index is 0.399. The van der Waals surface area contributed by atoms with Crippen LogP contribution in [0.15, 0.2) is 15.9 Å². The lowest BCUT2D eigenvalue weighted by atomic mass is 10.0. The van der Waals surface area contributed by atoms with E-state index in [1.165, 1.54) is 21.5 Å². The van der Waals surface area contributed by atoms with Crippen LogP contribution in [0.5, 0.6) is 0 Å². The van der Waals surface area contributed by atoms with Crippen molar-refractivity contribution in [1.29, 1.82) is 0 Å². The summed E-state index contributed by atoms with van der Waals surface area (Å²) in [5, 5.41) is 3.37. The van der Waals surface area contributed by atoms with Crippen molar-refractivity contribution in [3.8, 4) is 0 Å². The van der Waals surface area contributed by atoms with Gasteiger partial charge in [0, 0.05) is 17.5 Å². The van der Waals surface area contributed by atoms with Crippen molar-refractivity contribution >= 4 is 27.3 Å². The van der Waals surface area contributed by atoms with Gasteiger partial charge in [0.25, 0.3) is 0 Å². The van der Waals surface area contributed by atoms with E-state index in [4.69, 9.17) is 4.74 Å². The summed E-state index contributed by atoms with van der Waals surface area (Å²) in [7, 11) is 2.02. The van der Waals surface area contributed by atoms with Crippen molar-refractivity contribution in [2.45, 2.75) is 31.4 Å². The molecule has 15 heavy (non-hydrogen) atoms. The molecule has 2 heterocycles. The summed E-state index contributed by atoms with van der Waals surface area (Å²) in [6.45, 7) is 0.928. The molecule has 0 spiro atoms. The number of likely N-dealkylation sites (N-methyl/N-ethyl adjacent to an activating group) is 1. The Bertz CT molecular complexity index is 309. The van der Waals surface area contributed by atoms with Gasteiger partial charge in [-0.2, -0.15) is 0 Å². The van der Waals surface area contributed by atoms with Crippen molar-refractivity contribution in [1.82, 2.24) is 5.32 Å². The SMILES string of the molecule is CNC(Cc1ccc(Br)s1)C1CCCO1. The lowest BCUT2D eigenvalue weighted by Gasteiger charge is -2.21. The first kappa shape index (κ1) is 11.6. The van der Waals surface area contributed by atoms with Crippen LogP contribution >= 0.6 is 27.3 Å². The van der Waals surface area contributed by atoms with Gasteiger partial charge in [0.15, 0.2) is 0 Å². The molecule has 84 valence electrons. The van der Waals surface area contributed by atoms with Crippen LogP contribution in [-0.2, 0) is 11.2 Å². The molecule has 2 unspecified atom stereocenters. The molecule has 1 aliphatic rings. The molecular formula is C11H16BrNOS. The van der Waals surface area contributed by atoms with Crippen LogP contribution in [0.3, 0.4) is 0 Å². The number of hydrogen-bond donors (Lipinski definition) is 1. The fourth-order valence-electron chi connectivity index (χ4n) is 2.02. The Labute approximate surface area is 103 Å². The van der Waals surface area contributed by atoms with Gasteiger partial charge in [0.1, 0.15) is 0 Å². The van der Waals surface area contributed by atoms with Crippen molar-refractivity contribution in [3.05, 3.63) is 20.8 Å². The zero-order chi connectivity index (χ0) is 10.7. The van der Waals surface area contributed by atoms with E-state index < -0.39 is 0 Å². The van der Waals surface area contributed by atoms with Crippen molar-refractivity contribution in [2.75, 3.05) is 13.7 Å². The van der Waals surface area contributed by atoms with E-state index in [0.29, 0.717) is 12.1 Å². The molecule has 1 fully saturated rings. The molecular weight excluding hydrogens is 274 g/mol. The summed E-state index contributed by atoms with van der Waals surface area (Å²) in [6, 6.07) is 4.76. The van der Waals surface area contributed by atoms with Crippen molar-refractivity contribution < 1.29 is 4.74 Å². The number of nitrogens with one attached hydrogen (secondary N) is 1. The Morgan fingerprint density at radius 2 is 2.53 bits per heavy atom. The summed E-state index contributed by atoms with van der Waals surface area (Å²) in [5.41, 5.74) is 0. The average molecular weight is 290 g/mol. The van der Waals surface area contributed by atoms with Crippen LogP contribution in [0.4, 0.5) is 0 Å². The van der Waals surface area contributed by atoms with E-state index in [-0.39, 0.29) is 0 Å². The van der Waals surface area contributed by atoms with Gasteiger partial charge in [-0.1, -0.05) is 0 Å². The molecule has 1 N–H and O–H groups in total. The maximum absolute atomic E-state index is 5.72. The minimum absolute atomic E-state index is 0.399. The van der Waals surface area contributed by atoms with E-state index in [9.17, 15) is 0 Å². The Hall–Kier alpha value is 0.1000. The van der Waals surface area contributed by atoms with E-state index in [1.54, 1.807) is 0 Å². The van der Waals surface area contributed by atoms with Crippen molar-refractivity contribution in [2.24, 2.45) is 0 Å². The van der Waals surface area contributed by atoms with Crippen LogP contribution in [-0.4, -0.2) is 25.8 Å². The molecule has 1 aromatic rings. The quantitative estimate of drug-likeness (QED) is 0.920. The summed E-state index contributed by atoms with van der Waals surface area (Å²) in [4.78, 5) is 1.41. The normalized spacial score (nSPS) is 23.2. The van der Waals surface area contributed by atoms with Crippen LogP contribution in [0.25, 0.3) is 0 Å². The third kappa shape index (κ3) is 3.03. The first-order valence-electron chi connectivity index (χ1n) is 5.32. The maximum Gasteiger partial charge on any atom is 0.0732 e. The number of rotatable bonds is 4. The van der Waals surface area contributed by atoms with Gasteiger partial charge in [0.05, 0.1) is 9.89 Å². The summed E-state index contributed by atoms with van der Waals surface area (Å²) < 4.78 is 6.92. The van der Waals surface area contributed by atoms with Gasteiger partial charge in [-0.05, 0) is 54.4 Å². The number of halogens is 1. The Kier molecular flexibility index (Phi) is 4.20. The number of hydrogen-bond acceptors (Lipinski definition) is 3. The van der Waals surface area contributed by atoms with Crippen LogP contribution in [0.1, 0.15) is 17.7 Å². The second-order valence-corrected chi connectivity index (χ2v) is 6.40. The van der Waals surface area contributed by atoms with Crippen LogP contribution in [0.2, 0.25) is 0 Å². The smallest absolute Gasteiger partial charge is 0.0732 e. The fourth-order valence-corrected chi connectivity index (χ4v) is 3.56. The molecule has 0 aliphatic carbocycles. The molecule has 1 saturated heterocycles. The average Bonchev–Trinajstić information content (AvgIpc) is 2.85. The maximum atomic E-state index is 5.72. The monoisotopic (exact) mass is 289 g/mol. The largest absolute Gasteiger partial charge is 0.377 e. The molecule has 2 atom stereocenters. The second kappa shape index (κ2) is 5.43. The summed E-state index contributed by atoms with van der Waals surface area (Å²) in [6.07, 6.45) is 3.86. The Morgan fingerprint density at radius 1 is 1.67 bits per heavy atom. The van der Waals surface area contributed by atoms with Gasteiger partial charge in [-0.3, -0.25) is 0 Å². The van der Waals surface area contributed by atoms with E-state index in [0.717, 1.165) is 13.0 Å². The highest BCUT2D eigenvalue weighted by Gasteiger charge is 2.25. The van der Waals surface area contributed by atoms with Gasteiger partial charge in [0.2, 0.25) is 0 Å². The van der Waals surface area contributed by atoms with Gasteiger partial charge >= 0.3 is 0 Å². The lowest BCUT2D eigenvalue weighted by molar-refractivity contribution is 0.0811. The molecule has 1 aromatic heterocycles. The molecule has 0 aromatic carbocycles. The minimum Gasteiger partial charge on any atom is -0.377 e. The van der Waals surface area contributed by atoms with E-state index >= 15 is 0 Å². The molecule has 2 rings (SSSR count). The third-order valence-electron chi connectivity index (χ3n) is 2.83. The third-order valence-corrected chi connectivity index (χ3v) is 4.48. The number of ether oxygens (including phenoxy) is 1. The highest BCUT2D eigenvalue weighted by Crippen LogP contribution is 2.25. The topological polar surface area (TPSA) is 21.3 Å². The molecule has 0 saturated carbocycles. The standard InChI is InChI=1S/C11H16BrNOS/c1-13-9(10-3-2-6-14-10)7-8-4-5-11(12)15-8/h4-5,9-10,13H,2-3,6-7H2,1H3. The van der Waals surface area contributed by atoms with Crippen molar-refractivity contribution in [3.63, 3.8) is 0 Å². The van der Waals surface area contributed by atoms with Crippen LogP contribution in [0, 0.1) is 0 Å². The molecule has 0 radical (unpaired) electrons. The lowest BCUT2D eigenvalue weighted by Crippen LogP contribution is -2.38. The van der Waals surface area contributed by atoms with E-state index in [2.05, 4.69) is 33.4 Å². The van der Waals surface area contributed by atoms with Gasteiger partial charge < -0.3 is 10.1 Å². The predicted octanol–water partition coefficient (Wildman–Crippen LogP) is 2.82. The second-order valence-electron chi connectivity index (χ2n) is 3.86. The Morgan fingerprint density at radius 3 is 3.07 bits per heavy atom. The Balaban J connectivity index is 1.95. The van der Waals surface area contributed by atoms with Gasteiger partial charge in [-0.25, -0.2) is 0 Å². The molecule has 0 bridgehead atoms.